The second-order valence-corrected chi connectivity index (χ2v) is 11.0. The fraction of sp³-hybridized carbons (Fsp3) is 0.600. The maximum absolute atomic E-state index is 10.9. The number of methoxy groups -OCH3 is 1. The number of ether oxygens (including phenoxy) is 3. The van der Waals surface area contributed by atoms with E-state index >= 15 is 0 Å². The highest BCUT2D eigenvalue weighted by Gasteiger charge is 2.51. The highest BCUT2D eigenvalue weighted by molar-refractivity contribution is 7.12. The molecule has 0 spiro atoms. The van der Waals surface area contributed by atoms with Crippen molar-refractivity contribution in [2.45, 2.75) is 63.4 Å². The van der Waals surface area contributed by atoms with Crippen molar-refractivity contribution >= 4 is 22.9 Å². The molecule has 0 radical (unpaired) electrons. The summed E-state index contributed by atoms with van der Waals surface area (Å²) in [6.45, 7) is 8.07. The van der Waals surface area contributed by atoms with E-state index in [4.69, 9.17) is 25.8 Å². The lowest BCUT2D eigenvalue weighted by molar-refractivity contribution is -0.263. The van der Waals surface area contributed by atoms with E-state index in [1.54, 1.807) is 32.3 Å². The predicted octanol–water partition coefficient (Wildman–Crippen LogP) is 2.69. The third-order valence-corrected chi connectivity index (χ3v) is 8.24. The molecular formula is C25H34ClNO6S. The Bertz CT molecular complexity index is 980. The minimum Gasteiger partial charge on any atom is -0.388 e. The van der Waals surface area contributed by atoms with Gasteiger partial charge in [0, 0.05) is 47.9 Å². The van der Waals surface area contributed by atoms with Crippen LogP contribution in [0.25, 0.3) is 0 Å². The molecular weight excluding hydrogens is 478 g/mol. The molecule has 0 unspecified atom stereocenters. The molecule has 0 aliphatic carbocycles. The lowest BCUT2D eigenvalue weighted by atomic mass is 9.79. The number of aliphatic hydroxyl groups excluding tert-OH is 3. The molecule has 0 bridgehead atoms. The third-order valence-electron chi connectivity index (χ3n) is 6.82. The molecule has 3 N–H and O–H groups in total. The summed E-state index contributed by atoms with van der Waals surface area (Å²) in [7, 11) is 1.59. The van der Waals surface area contributed by atoms with E-state index < -0.39 is 30.0 Å². The SMILES string of the molecule is COCc1cc(Cl)c(Cc2ccc(CN3CCOCC3)s2)cc1[C@]1(C)O[C@H](C)[C@@H](O)[C@H](O)[C@H]1O. The Hall–Kier alpha value is -1.07. The molecule has 9 heteroatoms. The van der Waals surface area contributed by atoms with Crippen molar-refractivity contribution < 1.29 is 29.5 Å². The van der Waals surface area contributed by atoms with Gasteiger partial charge in [-0.1, -0.05) is 17.7 Å². The first-order chi connectivity index (χ1) is 16.2. The van der Waals surface area contributed by atoms with E-state index in [9.17, 15) is 15.3 Å². The number of morpholine rings is 1. The maximum atomic E-state index is 10.9. The van der Waals surface area contributed by atoms with Gasteiger partial charge in [-0.05, 0) is 48.7 Å². The number of rotatable bonds is 7. The third kappa shape index (κ3) is 5.36. The highest BCUT2D eigenvalue weighted by Crippen LogP contribution is 2.42. The summed E-state index contributed by atoms with van der Waals surface area (Å²) in [4.78, 5) is 4.88. The molecule has 5 atom stereocenters. The van der Waals surface area contributed by atoms with Gasteiger partial charge < -0.3 is 29.5 Å². The molecule has 3 heterocycles. The van der Waals surface area contributed by atoms with E-state index in [2.05, 4.69) is 17.0 Å². The first-order valence-corrected chi connectivity index (χ1v) is 12.8. The second kappa shape index (κ2) is 10.9. The van der Waals surface area contributed by atoms with Gasteiger partial charge in [0.25, 0.3) is 0 Å². The van der Waals surface area contributed by atoms with Crippen LogP contribution in [0.2, 0.25) is 5.02 Å². The summed E-state index contributed by atoms with van der Waals surface area (Å²) in [6.07, 6.45) is -3.83. The summed E-state index contributed by atoms with van der Waals surface area (Å²) >= 11 is 8.45. The topological polar surface area (TPSA) is 91.6 Å². The van der Waals surface area contributed by atoms with Crippen molar-refractivity contribution in [2.75, 3.05) is 33.4 Å². The number of nitrogens with zero attached hydrogens (tertiary/aromatic N) is 1. The molecule has 2 fully saturated rings. The van der Waals surface area contributed by atoms with Crippen LogP contribution in [0.15, 0.2) is 24.3 Å². The molecule has 0 amide bonds. The van der Waals surface area contributed by atoms with Crippen molar-refractivity contribution in [3.8, 4) is 0 Å². The summed E-state index contributed by atoms with van der Waals surface area (Å²) in [6, 6.07) is 8.09. The summed E-state index contributed by atoms with van der Waals surface area (Å²) in [5, 5.41) is 32.2. The van der Waals surface area contributed by atoms with Gasteiger partial charge in [-0.3, -0.25) is 4.90 Å². The maximum Gasteiger partial charge on any atom is 0.120 e. The van der Waals surface area contributed by atoms with Crippen LogP contribution in [-0.4, -0.2) is 78.0 Å². The first kappa shape index (κ1) is 26.0. The van der Waals surface area contributed by atoms with Crippen LogP contribution >= 0.6 is 22.9 Å². The summed E-state index contributed by atoms with van der Waals surface area (Å²) < 4.78 is 16.9. The van der Waals surface area contributed by atoms with Crippen molar-refractivity contribution in [3.05, 3.63) is 55.7 Å². The van der Waals surface area contributed by atoms with E-state index in [1.807, 2.05) is 12.1 Å². The number of hydrogen-bond donors (Lipinski definition) is 3. The normalized spacial score (nSPS) is 30.6. The Balaban J connectivity index is 1.61. The Morgan fingerprint density at radius 1 is 1.12 bits per heavy atom. The number of benzene rings is 1. The molecule has 4 rings (SSSR count). The quantitative estimate of drug-likeness (QED) is 0.526. The monoisotopic (exact) mass is 511 g/mol. The largest absolute Gasteiger partial charge is 0.388 e. The number of thiophene rings is 1. The Labute approximate surface area is 209 Å². The lowest BCUT2D eigenvalue weighted by Crippen LogP contribution is -2.61. The number of halogens is 1. The molecule has 1 aromatic heterocycles. The Morgan fingerprint density at radius 3 is 2.53 bits per heavy atom. The Kier molecular flexibility index (Phi) is 8.34. The van der Waals surface area contributed by atoms with Gasteiger partial charge in [0.2, 0.25) is 0 Å². The average Bonchev–Trinajstić information content (AvgIpc) is 3.25. The van der Waals surface area contributed by atoms with Crippen LogP contribution in [0.3, 0.4) is 0 Å². The fourth-order valence-electron chi connectivity index (χ4n) is 4.84. The molecule has 2 saturated heterocycles. The standard InChI is InChI=1S/C25H34ClNO6S/c1-15-22(28)23(29)24(30)25(2,33-15)20-11-16(21(26)12-17(20)14-31-3)10-18-4-5-19(34-18)13-27-6-8-32-9-7-27/h4-5,11-12,15,22-24,28-30H,6-10,13-14H2,1-3H3/t15-,22-,23+,24-,25+/m1/s1. The zero-order chi connectivity index (χ0) is 24.5. The zero-order valence-electron chi connectivity index (χ0n) is 19.9. The molecule has 2 aliphatic rings. The van der Waals surface area contributed by atoms with Crippen LogP contribution in [0.1, 0.15) is 40.3 Å². The van der Waals surface area contributed by atoms with Crippen LogP contribution < -0.4 is 0 Å². The number of aliphatic hydroxyl groups is 3. The van der Waals surface area contributed by atoms with E-state index in [0.29, 0.717) is 17.0 Å². The summed E-state index contributed by atoms with van der Waals surface area (Å²) in [5.74, 6) is 0. The molecule has 0 saturated carbocycles. The Morgan fingerprint density at radius 2 is 1.82 bits per heavy atom. The fourth-order valence-corrected chi connectivity index (χ4v) is 6.18. The summed E-state index contributed by atoms with van der Waals surface area (Å²) in [5.41, 5.74) is 1.14. The van der Waals surface area contributed by atoms with Gasteiger partial charge in [0.1, 0.15) is 23.9 Å². The first-order valence-electron chi connectivity index (χ1n) is 11.6. The molecule has 188 valence electrons. The van der Waals surface area contributed by atoms with E-state index in [-0.39, 0.29) is 6.61 Å². The smallest absolute Gasteiger partial charge is 0.120 e. The van der Waals surface area contributed by atoms with Crippen LogP contribution in [0.4, 0.5) is 0 Å². The van der Waals surface area contributed by atoms with Crippen molar-refractivity contribution in [3.63, 3.8) is 0 Å². The van der Waals surface area contributed by atoms with Gasteiger partial charge in [-0.25, -0.2) is 0 Å². The van der Waals surface area contributed by atoms with Gasteiger partial charge in [0.05, 0.1) is 25.9 Å². The van der Waals surface area contributed by atoms with Crippen LogP contribution in [0.5, 0.6) is 0 Å². The minimum atomic E-state index is -1.33. The van der Waals surface area contributed by atoms with Crippen LogP contribution in [-0.2, 0) is 39.4 Å². The van der Waals surface area contributed by atoms with E-state index in [1.165, 1.54) is 9.75 Å². The molecule has 2 aromatic rings. The van der Waals surface area contributed by atoms with Gasteiger partial charge in [0.15, 0.2) is 0 Å². The van der Waals surface area contributed by atoms with Gasteiger partial charge in [-0.15, -0.1) is 11.3 Å². The minimum absolute atomic E-state index is 0.275. The highest BCUT2D eigenvalue weighted by atomic mass is 35.5. The average molecular weight is 512 g/mol. The van der Waals surface area contributed by atoms with Crippen molar-refractivity contribution in [1.82, 2.24) is 4.90 Å². The molecule has 34 heavy (non-hydrogen) atoms. The molecule has 1 aromatic carbocycles. The predicted molar refractivity (Wildman–Crippen MR) is 131 cm³/mol. The van der Waals surface area contributed by atoms with Gasteiger partial charge >= 0.3 is 0 Å². The van der Waals surface area contributed by atoms with Crippen LogP contribution in [0, 0.1) is 0 Å². The lowest BCUT2D eigenvalue weighted by Gasteiger charge is -2.47. The second-order valence-electron chi connectivity index (χ2n) is 9.32. The molecule has 7 nitrogen and oxygen atoms in total. The van der Waals surface area contributed by atoms with Gasteiger partial charge in [-0.2, -0.15) is 0 Å². The number of hydrogen-bond acceptors (Lipinski definition) is 8. The molecule has 2 aliphatic heterocycles. The zero-order valence-corrected chi connectivity index (χ0v) is 21.4. The van der Waals surface area contributed by atoms with Crippen molar-refractivity contribution in [1.29, 1.82) is 0 Å². The van der Waals surface area contributed by atoms with E-state index in [0.717, 1.165) is 44.0 Å². The van der Waals surface area contributed by atoms with Crippen molar-refractivity contribution in [2.24, 2.45) is 0 Å².